The van der Waals surface area contributed by atoms with E-state index in [0.717, 1.165) is 22.5 Å². The number of Topliss-reactive ketones (excluding diaryl/α,β-unsaturated/α-hetero) is 1. The van der Waals surface area contributed by atoms with E-state index in [1.807, 2.05) is 25.1 Å². The third kappa shape index (κ3) is 2.63. The number of aromatic nitrogens is 1. The Bertz CT molecular complexity index is 962. The molecule has 0 saturated carbocycles. The molecule has 0 aliphatic rings. The number of H-pyrrole nitrogens is 1. The fourth-order valence-electron chi connectivity index (χ4n) is 2.71. The van der Waals surface area contributed by atoms with E-state index in [9.17, 15) is 14.0 Å². The normalized spacial score (nSPS) is 11.3. The van der Waals surface area contributed by atoms with Crippen LogP contribution in [0.1, 0.15) is 29.3 Å². The average molecular weight is 377 g/mol. The van der Waals surface area contributed by atoms with Gasteiger partial charge in [0.05, 0.1) is 15.6 Å². The van der Waals surface area contributed by atoms with E-state index in [1.54, 1.807) is 0 Å². The molecule has 3 rings (SSSR count). The van der Waals surface area contributed by atoms with E-state index < -0.39 is 11.7 Å². The molecule has 0 saturated heterocycles. The van der Waals surface area contributed by atoms with Gasteiger partial charge in [0.2, 0.25) is 0 Å². The minimum absolute atomic E-state index is 0.100. The highest BCUT2D eigenvalue weighted by atomic mass is 79.9. The van der Waals surface area contributed by atoms with E-state index in [1.165, 1.54) is 0 Å². The van der Waals surface area contributed by atoms with Gasteiger partial charge >= 0.3 is 0 Å². The van der Waals surface area contributed by atoms with Gasteiger partial charge in [-0.3, -0.25) is 9.59 Å². The smallest absolute Gasteiger partial charge is 0.250 e. The molecule has 0 unspecified atom stereocenters. The second-order valence-electron chi connectivity index (χ2n) is 5.41. The summed E-state index contributed by atoms with van der Waals surface area (Å²) in [5.41, 5.74) is 7.54. The van der Waals surface area contributed by atoms with Crippen LogP contribution < -0.4 is 5.73 Å². The van der Waals surface area contributed by atoms with Crippen molar-refractivity contribution < 1.29 is 14.0 Å². The maximum atomic E-state index is 14.1. The lowest BCUT2D eigenvalue weighted by atomic mass is 10.0. The van der Waals surface area contributed by atoms with Crippen molar-refractivity contribution >= 4 is 49.4 Å². The van der Waals surface area contributed by atoms with Crippen LogP contribution in [0.4, 0.5) is 4.39 Å². The van der Waals surface area contributed by atoms with Crippen molar-refractivity contribution in [3.05, 3.63) is 45.7 Å². The number of nitrogens with two attached hydrogens (primary N) is 1. The molecule has 4 nitrogen and oxygen atoms in total. The molecule has 0 bridgehead atoms. The highest BCUT2D eigenvalue weighted by Gasteiger charge is 2.18. The lowest BCUT2D eigenvalue weighted by Gasteiger charge is -2.03. The molecule has 0 fully saturated rings. The van der Waals surface area contributed by atoms with Crippen molar-refractivity contribution in [1.29, 1.82) is 0 Å². The van der Waals surface area contributed by atoms with Gasteiger partial charge in [0.25, 0.3) is 5.91 Å². The summed E-state index contributed by atoms with van der Waals surface area (Å²) in [4.78, 5) is 26.3. The highest BCUT2D eigenvalue weighted by Crippen LogP contribution is 2.36. The van der Waals surface area contributed by atoms with Crippen molar-refractivity contribution in [2.75, 3.05) is 0 Å². The number of amides is 1. The molecule has 3 aromatic rings. The Morgan fingerprint density at radius 3 is 2.70 bits per heavy atom. The quantitative estimate of drug-likeness (QED) is 0.725. The summed E-state index contributed by atoms with van der Waals surface area (Å²) in [5, 5.41) is 1.34. The molecule has 6 heteroatoms. The molecule has 1 amide bonds. The molecular formula is C17H14BrFN2O2. The zero-order valence-corrected chi connectivity index (χ0v) is 14.0. The number of nitrogens with one attached hydrogen (secondary N) is 1. The number of aromatic amines is 1. The minimum atomic E-state index is -0.700. The minimum Gasteiger partial charge on any atom is -0.366 e. The Labute approximate surface area is 140 Å². The number of benzene rings is 2. The van der Waals surface area contributed by atoms with E-state index in [-0.39, 0.29) is 15.8 Å². The standard InChI is InChI=1S/C17H14BrFN2O2/c1-2-9(22)5-8-3-4-10-13(6-8)21-16-11(17(20)23)7-12(19)15(18)14(10)16/h3-4,6-7,21H,2,5H2,1H3,(H2,20,23). The van der Waals surface area contributed by atoms with Gasteiger partial charge in [-0.25, -0.2) is 4.39 Å². The van der Waals surface area contributed by atoms with Crippen molar-refractivity contribution in [2.45, 2.75) is 19.8 Å². The number of hydrogen-bond acceptors (Lipinski definition) is 2. The van der Waals surface area contributed by atoms with Crippen LogP contribution in [0.25, 0.3) is 21.8 Å². The molecule has 0 aliphatic carbocycles. The molecule has 0 aliphatic heterocycles. The molecule has 3 N–H and O–H groups in total. The Balaban J connectivity index is 2.29. The lowest BCUT2D eigenvalue weighted by molar-refractivity contribution is -0.118. The number of carbonyl (C=O) groups excluding carboxylic acids is 2. The van der Waals surface area contributed by atoms with Gasteiger partial charge in [0.1, 0.15) is 11.6 Å². The second kappa shape index (κ2) is 5.77. The fourth-order valence-corrected chi connectivity index (χ4v) is 3.24. The number of ketones is 1. The SMILES string of the molecule is CCC(=O)Cc1ccc2c(c1)[nH]c1c(C(N)=O)cc(F)c(Br)c12. The van der Waals surface area contributed by atoms with Crippen LogP contribution in [0.3, 0.4) is 0 Å². The predicted octanol–water partition coefficient (Wildman–Crippen LogP) is 3.84. The third-order valence-corrected chi connectivity index (χ3v) is 4.67. The number of carbonyl (C=O) groups is 2. The maximum Gasteiger partial charge on any atom is 0.250 e. The molecule has 118 valence electrons. The van der Waals surface area contributed by atoms with Crippen LogP contribution in [0.2, 0.25) is 0 Å². The summed E-state index contributed by atoms with van der Waals surface area (Å²) < 4.78 is 14.3. The van der Waals surface area contributed by atoms with Crippen LogP contribution in [0, 0.1) is 5.82 Å². The highest BCUT2D eigenvalue weighted by molar-refractivity contribution is 9.10. The Morgan fingerprint density at radius 1 is 1.30 bits per heavy atom. The summed E-state index contributed by atoms with van der Waals surface area (Å²) in [6, 6.07) is 6.62. The van der Waals surface area contributed by atoms with Crippen LogP contribution in [-0.4, -0.2) is 16.7 Å². The van der Waals surface area contributed by atoms with Crippen molar-refractivity contribution in [1.82, 2.24) is 4.98 Å². The first-order chi connectivity index (χ1) is 10.9. The fraction of sp³-hybridized carbons (Fsp3) is 0.176. The van der Waals surface area contributed by atoms with Gasteiger partial charge in [-0.15, -0.1) is 0 Å². The Kier molecular flexibility index (Phi) is 3.93. The first-order valence-corrected chi connectivity index (χ1v) is 7.95. The second-order valence-corrected chi connectivity index (χ2v) is 6.20. The zero-order chi connectivity index (χ0) is 16.7. The maximum absolute atomic E-state index is 14.1. The van der Waals surface area contributed by atoms with Gasteiger partial charge in [-0.2, -0.15) is 0 Å². The average Bonchev–Trinajstić information content (AvgIpc) is 2.89. The monoisotopic (exact) mass is 376 g/mol. The van der Waals surface area contributed by atoms with Crippen LogP contribution in [0.15, 0.2) is 28.7 Å². The van der Waals surface area contributed by atoms with Crippen molar-refractivity contribution in [2.24, 2.45) is 5.73 Å². The van der Waals surface area contributed by atoms with E-state index >= 15 is 0 Å². The van der Waals surface area contributed by atoms with E-state index in [4.69, 9.17) is 5.73 Å². The topological polar surface area (TPSA) is 75.9 Å². The van der Waals surface area contributed by atoms with Gasteiger partial charge in [-0.05, 0) is 33.6 Å². The summed E-state index contributed by atoms with van der Waals surface area (Å²) in [7, 11) is 0. The van der Waals surface area contributed by atoms with Gasteiger partial charge in [0, 0.05) is 29.1 Å². The summed E-state index contributed by atoms with van der Waals surface area (Å²) in [6.45, 7) is 1.82. The molecule has 1 aromatic heterocycles. The third-order valence-electron chi connectivity index (χ3n) is 3.89. The zero-order valence-electron chi connectivity index (χ0n) is 12.4. The number of primary amides is 1. The molecule has 1 heterocycles. The first-order valence-electron chi connectivity index (χ1n) is 7.16. The van der Waals surface area contributed by atoms with E-state index in [2.05, 4.69) is 20.9 Å². The lowest BCUT2D eigenvalue weighted by Crippen LogP contribution is -2.12. The molecule has 0 atom stereocenters. The predicted molar refractivity (Wildman–Crippen MR) is 91.0 cm³/mol. The van der Waals surface area contributed by atoms with Crippen LogP contribution in [-0.2, 0) is 11.2 Å². The number of rotatable bonds is 4. The molecule has 23 heavy (non-hydrogen) atoms. The summed E-state index contributed by atoms with van der Waals surface area (Å²) in [5.74, 6) is -1.10. The van der Waals surface area contributed by atoms with Crippen molar-refractivity contribution in [3.63, 3.8) is 0 Å². The van der Waals surface area contributed by atoms with Gasteiger partial charge < -0.3 is 10.7 Å². The van der Waals surface area contributed by atoms with Gasteiger partial charge in [-0.1, -0.05) is 19.1 Å². The Morgan fingerprint density at radius 2 is 2.04 bits per heavy atom. The van der Waals surface area contributed by atoms with Crippen LogP contribution >= 0.6 is 15.9 Å². The number of fused-ring (bicyclic) bond motifs is 3. The summed E-state index contributed by atoms with van der Waals surface area (Å²) >= 11 is 3.23. The molecule has 2 aromatic carbocycles. The molecular weight excluding hydrogens is 363 g/mol. The Hall–Kier alpha value is -2.21. The van der Waals surface area contributed by atoms with E-state index in [0.29, 0.717) is 23.7 Å². The number of halogens is 2. The van der Waals surface area contributed by atoms with Gasteiger partial charge in [0.15, 0.2) is 0 Å². The first kappa shape index (κ1) is 15.7. The summed E-state index contributed by atoms with van der Waals surface area (Å²) in [6.07, 6.45) is 0.827. The molecule has 0 spiro atoms. The number of hydrogen-bond donors (Lipinski definition) is 2. The largest absolute Gasteiger partial charge is 0.366 e. The van der Waals surface area contributed by atoms with Crippen molar-refractivity contribution in [3.8, 4) is 0 Å². The molecule has 0 radical (unpaired) electrons. The van der Waals surface area contributed by atoms with Crippen LogP contribution in [0.5, 0.6) is 0 Å².